The van der Waals surface area contributed by atoms with Crippen molar-refractivity contribution in [3.63, 3.8) is 0 Å². The molecule has 222 valence electrons. The minimum Gasteiger partial charge on any atom is -0.410 e. The third-order valence-corrected chi connectivity index (χ3v) is 13.7. The molecule has 3 aromatic rings. The number of hydrogen-bond acceptors (Lipinski definition) is 2. The molecule has 0 spiro atoms. The third-order valence-electron chi connectivity index (χ3n) is 8.34. The molecule has 1 aliphatic rings. The van der Waals surface area contributed by atoms with E-state index in [0.717, 1.165) is 29.8 Å². The van der Waals surface area contributed by atoms with Gasteiger partial charge in [0.1, 0.15) is 5.82 Å². The summed E-state index contributed by atoms with van der Waals surface area (Å²) in [4.78, 5) is 4.95. The van der Waals surface area contributed by atoms with Crippen molar-refractivity contribution >= 4 is 24.2 Å². The highest BCUT2D eigenvalue weighted by Gasteiger charge is 2.43. The Hall–Kier alpha value is -2.10. The second-order valence-electron chi connectivity index (χ2n) is 12.6. The van der Waals surface area contributed by atoms with Gasteiger partial charge in [0.25, 0.3) is 0 Å². The van der Waals surface area contributed by atoms with Gasteiger partial charge in [0.15, 0.2) is 14.5 Å². The standard InChI is InChI=1S/C32H37BrF5NOSi/c1-18(2)29-27(28(35)20-8-12-21(13-9-20)32(36,37)38)25(19-10-14-22(34)15-11-19)26-24(17-16-23(33)30(26)39-29)40-41(6,7)31(3,4)5/h8-15,18,23-24,28H,16-17H2,1-7H3. The fourth-order valence-corrected chi connectivity index (χ4v) is 6.99. The van der Waals surface area contributed by atoms with Crippen LogP contribution in [0.1, 0.15) is 104 Å². The van der Waals surface area contributed by atoms with Gasteiger partial charge in [-0.25, -0.2) is 8.78 Å². The molecular weight excluding hydrogens is 617 g/mol. The lowest BCUT2D eigenvalue weighted by atomic mass is 9.80. The summed E-state index contributed by atoms with van der Waals surface area (Å²) < 4.78 is 77.7. The van der Waals surface area contributed by atoms with Crippen molar-refractivity contribution in [2.24, 2.45) is 0 Å². The van der Waals surface area contributed by atoms with Crippen molar-refractivity contribution in [1.82, 2.24) is 4.98 Å². The first-order valence-electron chi connectivity index (χ1n) is 13.9. The summed E-state index contributed by atoms with van der Waals surface area (Å²) in [6.07, 6.45) is -5.21. The minimum absolute atomic E-state index is 0.0779. The molecule has 2 nitrogen and oxygen atoms in total. The highest BCUT2D eigenvalue weighted by Crippen LogP contribution is 2.52. The van der Waals surface area contributed by atoms with Crippen LogP contribution in [0, 0.1) is 5.82 Å². The molecule has 3 unspecified atom stereocenters. The normalized spacial score (nSPS) is 18.9. The Morgan fingerprint density at radius 3 is 2.05 bits per heavy atom. The molecule has 9 heteroatoms. The van der Waals surface area contributed by atoms with Crippen LogP contribution in [0.3, 0.4) is 0 Å². The molecular formula is C32H37BrF5NOSi. The Kier molecular flexibility index (Phi) is 8.95. The SMILES string of the molecule is CC(C)c1nc2c(c(-c3ccc(F)cc3)c1C(F)c1ccc(C(F)(F)F)cc1)C(O[Si](C)(C)C(C)(C)C)CCC2Br. The van der Waals surface area contributed by atoms with E-state index in [0.29, 0.717) is 23.2 Å². The highest BCUT2D eigenvalue weighted by molar-refractivity contribution is 9.09. The molecule has 0 amide bonds. The predicted octanol–water partition coefficient (Wildman–Crippen LogP) is 11.4. The highest BCUT2D eigenvalue weighted by atomic mass is 79.9. The van der Waals surface area contributed by atoms with Gasteiger partial charge in [-0.3, -0.25) is 4.98 Å². The van der Waals surface area contributed by atoms with E-state index in [-0.39, 0.29) is 33.0 Å². The Bertz CT molecular complexity index is 1380. The number of fused-ring (bicyclic) bond motifs is 1. The van der Waals surface area contributed by atoms with E-state index < -0.39 is 32.0 Å². The van der Waals surface area contributed by atoms with Crippen LogP contribution in [-0.2, 0) is 10.6 Å². The number of nitrogens with zero attached hydrogens (tertiary/aromatic N) is 1. The van der Waals surface area contributed by atoms with Crippen molar-refractivity contribution < 1.29 is 26.4 Å². The molecule has 1 aliphatic carbocycles. The van der Waals surface area contributed by atoms with E-state index >= 15 is 4.39 Å². The Labute approximate surface area is 249 Å². The van der Waals surface area contributed by atoms with Crippen molar-refractivity contribution in [3.05, 3.63) is 88.0 Å². The number of benzene rings is 2. The first-order valence-corrected chi connectivity index (χ1v) is 17.7. The van der Waals surface area contributed by atoms with Crippen LogP contribution >= 0.6 is 15.9 Å². The quantitative estimate of drug-likeness (QED) is 0.150. The molecule has 0 bridgehead atoms. The minimum atomic E-state index is -4.53. The number of alkyl halides is 5. The molecule has 3 atom stereocenters. The van der Waals surface area contributed by atoms with Crippen molar-refractivity contribution in [2.45, 2.75) is 94.8 Å². The van der Waals surface area contributed by atoms with Crippen molar-refractivity contribution in [1.29, 1.82) is 0 Å². The van der Waals surface area contributed by atoms with E-state index in [4.69, 9.17) is 9.41 Å². The van der Waals surface area contributed by atoms with Gasteiger partial charge >= 0.3 is 6.18 Å². The molecule has 4 rings (SSSR count). The van der Waals surface area contributed by atoms with Gasteiger partial charge in [-0.05, 0) is 77.8 Å². The maximum atomic E-state index is 16.8. The zero-order valence-electron chi connectivity index (χ0n) is 24.5. The smallest absolute Gasteiger partial charge is 0.410 e. The van der Waals surface area contributed by atoms with Crippen LogP contribution in [0.4, 0.5) is 22.0 Å². The predicted molar refractivity (Wildman–Crippen MR) is 160 cm³/mol. The zero-order chi connectivity index (χ0) is 30.5. The lowest BCUT2D eigenvalue weighted by molar-refractivity contribution is -0.137. The summed E-state index contributed by atoms with van der Waals surface area (Å²) in [6.45, 7) is 14.6. The molecule has 0 radical (unpaired) electrons. The molecule has 1 aromatic heterocycles. The first-order chi connectivity index (χ1) is 18.9. The largest absolute Gasteiger partial charge is 0.416 e. The van der Waals surface area contributed by atoms with Crippen LogP contribution in [0.5, 0.6) is 0 Å². The summed E-state index contributed by atoms with van der Waals surface area (Å²) in [7, 11) is -2.29. The van der Waals surface area contributed by atoms with E-state index in [9.17, 15) is 17.6 Å². The van der Waals surface area contributed by atoms with Crippen LogP contribution in [0.25, 0.3) is 11.1 Å². The molecule has 0 N–H and O–H groups in total. The molecule has 41 heavy (non-hydrogen) atoms. The second kappa shape index (κ2) is 11.5. The maximum Gasteiger partial charge on any atom is 0.416 e. The molecule has 1 heterocycles. The first kappa shape index (κ1) is 31.8. The molecule has 0 saturated carbocycles. The number of hydrogen-bond donors (Lipinski definition) is 0. The van der Waals surface area contributed by atoms with Crippen LogP contribution in [0.15, 0.2) is 48.5 Å². The molecule has 2 aromatic carbocycles. The monoisotopic (exact) mass is 653 g/mol. The second-order valence-corrected chi connectivity index (χ2v) is 18.5. The van der Waals surface area contributed by atoms with Gasteiger partial charge in [-0.1, -0.05) is 74.8 Å². The summed E-state index contributed by atoms with van der Waals surface area (Å²) in [5.41, 5.74) is 2.79. The summed E-state index contributed by atoms with van der Waals surface area (Å²) in [5.74, 6) is -0.613. The topological polar surface area (TPSA) is 22.1 Å². The Morgan fingerprint density at radius 2 is 1.54 bits per heavy atom. The molecule has 0 saturated heterocycles. The Morgan fingerprint density at radius 1 is 0.951 bits per heavy atom. The van der Waals surface area contributed by atoms with E-state index in [1.807, 2.05) is 13.8 Å². The van der Waals surface area contributed by atoms with Crippen LogP contribution in [-0.4, -0.2) is 13.3 Å². The summed E-state index contributed by atoms with van der Waals surface area (Å²) >= 11 is 3.80. The fraction of sp³-hybridized carbons (Fsp3) is 0.469. The summed E-state index contributed by atoms with van der Waals surface area (Å²) in [6, 6.07) is 10.1. The maximum absolute atomic E-state index is 16.8. The number of pyridine rings is 1. The average Bonchev–Trinajstić information content (AvgIpc) is 2.88. The summed E-state index contributed by atoms with van der Waals surface area (Å²) in [5, 5.41) is -0.0779. The van der Waals surface area contributed by atoms with Gasteiger partial charge in [-0.15, -0.1) is 0 Å². The van der Waals surface area contributed by atoms with Gasteiger partial charge < -0.3 is 4.43 Å². The molecule has 0 fully saturated rings. The van der Waals surface area contributed by atoms with E-state index in [1.165, 1.54) is 24.3 Å². The van der Waals surface area contributed by atoms with Gasteiger partial charge in [-0.2, -0.15) is 13.2 Å². The van der Waals surface area contributed by atoms with Crippen LogP contribution < -0.4 is 0 Å². The number of aromatic nitrogens is 1. The van der Waals surface area contributed by atoms with E-state index in [1.54, 1.807) is 12.1 Å². The zero-order valence-corrected chi connectivity index (χ0v) is 27.1. The van der Waals surface area contributed by atoms with Crippen LogP contribution in [0.2, 0.25) is 18.1 Å². The number of rotatable bonds is 6. The fourth-order valence-electron chi connectivity index (χ4n) is 5.08. The van der Waals surface area contributed by atoms with E-state index in [2.05, 4.69) is 49.8 Å². The third kappa shape index (κ3) is 6.47. The number of halogens is 6. The van der Waals surface area contributed by atoms with Gasteiger partial charge in [0.05, 0.1) is 27.9 Å². The van der Waals surface area contributed by atoms with Gasteiger partial charge in [0.2, 0.25) is 0 Å². The van der Waals surface area contributed by atoms with Crippen molar-refractivity contribution in [3.8, 4) is 11.1 Å². The van der Waals surface area contributed by atoms with Gasteiger partial charge in [0, 0.05) is 11.1 Å². The lowest BCUT2D eigenvalue weighted by Gasteiger charge is -2.42. The average molecular weight is 655 g/mol. The van der Waals surface area contributed by atoms with Crippen molar-refractivity contribution in [2.75, 3.05) is 0 Å². The molecule has 0 aliphatic heterocycles. The Balaban J connectivity index is 2.03. The lowest BCUT2D eigenvalue weighted by Crippen LogP contribution is -2.42.